The SMILES string of the molecule is CC(CNC(=O)c1cccc(Br)c1Cl)c1ccccc1. The van der Waals surface area contributed by atoms with Gasteiger partial charge in [-0.1, -0.05) is 54.9 Å². The summed E-state index contributed by atoms with van der Waals surface area (Å²) in [6, 6.07) is 15.4. The summed E-state index contributed by atoms with van der Waals surface area (Å²) in [5, 5.41) is 3.36. The fourth-order valence-electron chi connectivity index (χ4n) is 1.92. The van der Waals surface area contributed by atoms with Crippen LogP contribution < -0.4 is 5.32 Å². The molecule has 4 heteroatoms. The van der Waals surface area contributed by atoms with E-state index in [0.29, 0.717) is 17.1 Å². The van der Waals surface area contributed by atoms with E-state index in [2.05, 4.69) is 40.3 Å². The summed E-state index contributed by atoms with van der Waals surface area (Å²) in [4.78, 5) is 12.1. The lowest BCUT2D eigenvalue weighted by atomic mass is 10.0. The number of carbonyl (C=O) groups is 1. The number of carbonyl (C=O) groups excluding carboxylic acids is 1. The molecule has 104 valence electrons. The van der Waals surface area contributed by atoms with Gasteiger partial charge in [-0.05, 0) is 39.5 Å². The highest BCUT2D eigenvalue weighted by molar-refractivity contribution is 9.10. The molecular weight excluding hydrogens is 338 g/mol. The van der Waals surface area contributed by atoms with Crippen LogP contribution in [0.25, 0.3) is 0 Å². The Bertz CT molecular complexity index is 601. The van der Waals surface area contributed by atoms with Crippen molar-refractivity contribution in [3.05, 3.63) is 69.2 Å². The summed E-state index contributed by atoms with van der Waals surface area (Å²) in [5.74, 6) is 0.102. The zero-order chi connectivity index (χ0) is 14.5. The Labute approximate surface area is 132 Å². The predicted octanol–water partition coefficient (Wildman–Crippen LogP) is 4.64. The van der Waals surface area contributed by atoms with Crippen molar-refractivity contribution in [1.82, 2.24) is 5.32 Å². The number of benzene rings is 2. The maximum atomic E-state index is 12.1. The van der Waals surface area contributed by atoms with Crippen molar-refractivity contribution in [1.29, 1.82) is 0 Å². The molecule has 2 rings (SSSR count). The van der Waals surface area contributed by atoms with E-state index in [9.17, 15) is 4.79 Å². The lowest BCUT2D eigenvalue weighted by molar-refractivity contribution is 0.0952. The quantitative estimate of drug-likeness (QED) is 0.853. The minimum absolute atomic E-state index is 0.154. The van der Waals surface area contributed by atoms with E-state index in [1.165, 1.54) is 5.56 Å². The Hall–Kier alpha value is -1.32. The molecule has 0 fully saturated rings. The molecule has 2 aromatic rings. The monoisotopic (exact) mass is 351 g/mol. The van der Waals surface area contributed by atoms with Crippen molar-refractivity contribution in [2.45, 2.75) is 12.8 Å². The van der Waals surface area contributed by atoms with Gasteiger partial charge in [0.1, 0.15) is 0 Å². The molecule has 2 nitrogen and oxygen atoms in total. The molecule has 1 N–H and O–H groups in total. The fourth-order valence-corrected chi connectivity index (χ4v) is 2.50. The standard InChI is InChI=1S/C16H15BrClNO/c1-11(12-6-3-2-4-7-12)10-19-16(20)13-8-5-9-14(17)15(13)18/h2-9,11H,10H2,1H3,(H,19,20). The van der Waals surface area contributed by atoms with Gasteiger partial charge in [0, 0.05) is 11.0 Å². The van der Waals surface area contributed by atoms with E-state index >= 15 is 0 Å². The highest BCUT2D eigenvalue weighted by Crippen LogP contribution is 2.26. The molecule has 0 saturated carbocycles. The molecule has 2 aromatic carbocycles. The molecule has 0 bridgehead atoms. The first-order valence-electron chi connectivity index (χ1n) is 6.36. The van der Waals surface area contributed by atoms with Crippen LogP contribution in [0.1, 0.15) is 28.8 Å². The Morgan fingerprint density at radius 3 is 2.60 bits per heavy atom. The smallest absolute Gasteiger partial charge is 0.252 e. The normalized spacial score (nSPS) is 11.9. The number of nitrogens with one attached hydrogen (secondary N) is 1. The molecule has 0 aliphatic carbocycles. The fraction of sp³-hybridized carbons (Fsp3) is 0.188. The van der Waals surface area contributed by atoms with E-state index in [1.54, 1.807) is 12.1 Å². The molecule has 0 spiro atoms. The molecule has 0 aliphatic heterocycles. The first-order valence-corrected chi connectivity index (χ1v) is 7.54. The Kier molecular flexibility index (Phi) is 5.21. The zero-order valence-corrected chi connectivity index (χ0v) is 13.4. The number of halogens is 2. The molecule has 0 saturated heterocycles. The topological polar surface area (TPSA) is 29.1 Å². The summed E-state index contributed by atoms with van der Waals surface area (Å²) in [5.41, 5.74) is 1.69. The van der Waals surface area contributed by atoms with Gasteiger partial charge in [-0.25, -0.2) is 0 Å². The van der Waals surface area contributed by atoms with Gasteiger partial charge in [-0.3, -0.25) is 4.79 Å². The van der Waals surface area contributed by atoms with Crippen LogP contribution in [0.5, 0.6) is 0 Å². The number of amides is 1. The molecule has 1 unspecified atom stereocenters. The maximum Gasteiger partial charge on any atom is 0.252 e. The molecule has 0 aromatic heterocycles. The van der Waals surface area contributed by atoms with Crippen LogP contribution in [0.2, 0.25) is 5.02 Å². The number of hydrogen-bond donors (Lipinski definition) is 1. The summed E-state index contributed by atoms with van der Waals surface area (Å²) < 4.78 is 0.725. The summed E-state index contributed by atoms with van der Waals surface area (Å²) in [6.07, 6.45) is 0. The average Bonchev–Trinajstić information content (AvgIpc) is 2.48. The molecule has 1 amide bonds. The van der Waals surface area contributed by atoms with E-state index in [0.717, 1.165) is 4.47 Å². The van der Waals surface area contributed by atoms with Crippen LogP contribution in [0.4, 0.5) is 0 Å². The Balaban J connectivity index is 2.01. The van der Waals surface area contributed by atoms with Gasteiger partial charge < -0.3 is 5.32 Å². The minimum atomic E-state index is -0.154. The van der Waals surface area contributed by atoms with Crippen LogP contribution in [0.3, 0.4) is 0 Å². The van der Waals surface area contributed by atoms with Gasteiger partial charge >= 0.3 is 0 Å². The van der Waals surface area contributed by atoms with Gasteiger partial charge in [-0.2, -0.15) is 0 Å². The van der Waals surface area contributed by atoms with Crippen molar-refractivity contribution >= 4 is 33.4 Å². The van der Waals surface area contributed by atoms with Crippen molar-refractivity contribution in [3.63, 3.8) is 0 Å². The summed E-state index contributed by atoms with van der Waals surface area (Å²) in [7, 11) is 0. The van der Waals surface area contributed by atoms with E-state index in [1.807, 2.05) is 24.3 Å². The van der Waals surface area contributed by atoms with E-state index in [-0.39, 0.29) is 11.8 Å². The third-order valence-corrected chi connectivity index (χ3v) is 4.43. The van der Waals surface area contributed by atoms with Crippen molar-refractivity contribution in [2.24, 2.45) is 0 Å². The van der Waals surface area contributed by atoms with Crippen molar-refractivity contribution in [3.8, 4) is 0 Å². The Morgan fingerprint density at radius 2 is 1.90 bits per heavy atom. The molecular formula is C16H15BrClNO. The maximum absolute atomic E-state index is 12.1. The summed E-state index contributed by atoms with van der Waals surface area (Å²) >= 11 is 9.43. The highest BCUT2D eigenvalue weighted by Gasteiger charge is 2.13. The second-order valence-corrected chi connectivity index (χ2v) is 5.86. The third kappa shape index (κ3) is 3.62. The third-order valence-electron chi connectivity index (χ3n) is 3.13. The average molecular weight is 353 g/mol. The second-order valence-electron chi connectivity index (χ2n) is 4.62. The minimum Gasteiger partial charge on any atom is -0.351 e. The molecule has 0 heterocycles. The zero-order valence-electron chi connectivity index (χ0n) is 11.1. The lowest BCUT2D eigenvalue weighted by Gasteiger charge is -2.13. The molecule has 1 atom stereocenters. The second kappa shape index (κ2) is 6.91. The van der Waals surface area contributed by atoms with Crippen molar-refractivity contribution in [2.75, 3.05) is 6.54 Å². The van der Waals surface area contributed by atoms with Gasteiger partial charge in [-0.15, -0.1) is 0 Å². The summed E-state index contributed by atoms with van der Waals surface area (Å²) in [6.45, 7) is 2.66. The van der Waals surface area contributed by atoms with Crippen LogP contribution in [-0.2, 0) is 0 Å². The first-order chi connectivity index (χ1) is 9.59. The lowest BCUT2D eigenvalue weighted by Crippen LogP contribution is -2.27. The highest BCUT2D eigenvalue weighted by atomic mass is 79.9. The van der Waals surface area contributed by atoms with Crippen LogP contribution in [-0.4, -0.2) is 12.5 Å². The largest absolute Gasteiger partial charge is 0.351 e. The van der Waals surface area contributed by atoms with E-state index in [4.69, 9.17) is 11.6 Å². The molecule has 0 aliphatic rings. The van der Waals surface area contributed by atoms with Gasteiger partial charge in [0.15, 0.2) is 0 Å². The van der Waals surface area contributed by atoms with Crippen molar-refractivity contribution < 1.29 is 4.79 Å². The van der Waals surface area contributed by atoms with Gasteiger partial charge in [0.25, 0.3) is 5.91 Å². The number of rotatable bonds is 4. The van der Waals surface area contributed by atoms with Gasteiger partial charge in [0.05, 0.1) is 10.6 Å². The predicted molar refractivity (Wildman–Crippen MR) is 86.3 cm³/mol. The molecule has 20 heavy (non-hydrogen) atoms. The number of hydrogen-bond acceptors (Lipinski definition) is 1. The molecule has 0 radical (unpaired) electrons. The van der Waals surface area contributed by atoms with Crippen LogP contribution in [0.15, 0.2) is 53.0 Å². The Morgan fingerprint density at radius 1 is 1.20 bits per heavy atom. The van der Waals surface area contributed by atoms with Gasteiger partial charge in [0.2, 0.25) is 0 Å². The van der Waals surface area contributed by atoms with Crippen LogP contribution >= 0.6 is 27.5 Å². The first kappa shape index (κ1) is 15.1. The van der Waals surface area contributed by atoms with Crippen LogP contribution in [0, 0.1) is 0 Å². The van der Waals surface area contributed by atoms with E-state index < -0.39 is 0 Å².